The molecule has 2 heterocycles. The molecular formula is C12H19N5O3. The highest BCUT2D eigenvalue weighted by Gasteiger charge is 2.26. The number of nitrogens with one attached hydrogen (secondary N) is 1. The summed E-state index contributed by atoms with van der Waals surface area (Å²) in [6.07, 6.45) is 4.61. The van der Waals surface area contributed by atoms with Crippen molar-refractivity contribution in [2.75, 3.05) is 37.5 Å². The van der Waals surface area contributed by atoms with E-state index >= 15 is 0 Å². The van der Waals surface area contributed by atoms with Crippen LogP contribution in [-0.2, 0) is 4.74 Å². The summed E-state index contributed by atoms with van der Waals surface area (Å²) in [4.78, 5) is 20.5. The van der Waals surface area contributed by atoms with Crippen LogP contribution in [0, 0.1) is 10.1 Å². The van der Waals surface area contributed by atoms with Crippen LogP contribution in [-0.4, -0.2) is 48.2 Å². The number of hydrogen-bond acceptors (Lipinski definition) is 7. The van der Waals surface area contributed by atoms with Gasteiger partial charge in [0.2, 0.25) is 11.6 Å². The van der Waals surface area contributed by atoms with E-state index in [1.54, 1.807) is 19.0 Å². The van der Waals surface area contributed by atoms with Gasteiger partial charge in [-0.1, -0.05) is 0 Å². The maximum Gasteiger partial charge on any atom is 0.353 e. The first kappa shape index (κ1) is 14.4. The number of likely N-dealkylation sites (N-methyl/N-ethyl adjacent to an activating group) is 1. The Morgan fingerprint density at radius 2 is 2.35 bits per heavy atom. The van der Waals surface area contributed by atoms with E-state index in [0.717, 1.165) is 25.9 Å². The fraction of sp³-hybridized carbons (Fsp3) is 0.667. The van der Waals surface area contributed by atoms with Crippen molar-refractivity contribution in [1.29, 1.82) is 0 Å². The van der Waals surface area contributed by atoms with Gasteiger partial charge in [0, 0.05) is 27.2 Å². The molecule has 0 aromatic carbocycles. The second kappa shape index (κ2) is 6.47. The molecule has 110 valence electrons. The lowest BCUT2D eigenvalue weighted by atomic mass is 10.1. The molecule has 1 unspecified atom stereocenters. The second-order valence-electron chi connectivity index (χ2n) is 4.77. The Morgan fingerprint density at radius 3 is 2.95 bits per heavy atom. The zero-order chi connectivity index (χ0) is 14.5. The van der Waals surface area contributed by atoms with Crippen LogP contribution in [0.3, 0.4) is 0 Å². The van der Waals surface area contributed by atoms with Crippen molar-refractivity contribution in [2.45, 2.75) is 25.4 Å². The summed E-state index contributed by atoms with van der Waals surface area (Å²) in [5.41, 5.74) is -0.103. The number of aromatic nitrogens is 2. The number of nitro groups is 1. The molecule has 1 aliphatic heterocycles. The monoisotopic (exact) mass is 281 g/mol. The van der Waals surface area contributed by atoms with Crippen LogP contribution in [0.1, 0.15) is 19.3 Å². The maximum absolute atomic E-state index is 11.2. The molecule has 1 N–H and O–H groups in total. The van der Waals surface area contributed by atoms with Gasteiger partial charge in [0.25, 0.3) is 0 Å². The minimum absolute atomic E-state index is 0.0985. The molecule has 1 atom stereocenters. The molecule has 0 amide bonds. The molecule has 0 aliphatic carbocycles. The second-order valence-corrected chi connectivity index (χ2v) is 4.77. The van der Waals surface area contributed by atoms with Crippen LogP contribution in [0.15, 0.2) is 6.33 Å². The van der Waals surface area contributed by atoms with E-state index < -0.39 is 4.92 Å². The van der Waals surface area contributed by atoms with Gasteiger partial charge in [-0.15, -0.1) is 0 Å². The average molecular weight is 281 g/mol. The van der Waals surface area contributed by atoms with Gasteiger partial charge in [-0.05, 0) is 19.3 Å². The molecule has 20 heavy (non-hydrogen) atoms. The Labute approximate surface area is 117 Å². The molecule has 0 spiro atoms. The lowest BCUT2D eigenvalue weighted by Crippen LogP contribution is -2.34. The fourth-order valence-corrected chi connectivity index (χ4v) is 2.34. The summed E-state index contributed by atoms with van der Waals surface area (Å²) in [6.45, 7) is 1.34. The van der Waals surface area contributed by atoms with Crippen LogP contribution in [0.5, 0.6) is 0 Å². The SMILES string of the molecule is CNc1ncnc(N(C)CC2CCCCO2)c1[N+](=O)[O-]. The lowest BCUT2D eigenvalue weighted by Gasteiger charge is -2.27. The molecule has 1 aromatic rings. The van der Waals surface area contributed by atoms with Crippen LogP contribution in [0.2, 0.25) is 0 Å². The summed E-state index contributed by atoms with van der Waals surface area (Å²) in [7, 11) is 3.39. The quantitative estimate of drug-likeness (QED) is 0.644. The van der Waals surface area contributed by atoms with E-state index in [2.05, 4.69) is 15.3 Å². The number of hydrogen-bond donors (Lipinski definition) is 1. The van der Waals surface area contributed by atoms with Crippen LogP contribution in [0.25, 0.3) is 0 Å². The van der Waals surface area contributed by atoms with Crippen molar-refractivity contribution in [1.82, 2.24) is 9.97 Å². The van der Waals surface area contributed by atoms with E-state index in [4.69, 9.17) is 4.74 Å². The molecular weight excluding hydrogens is 262 g/mol. The van der Waals surface area contributed by atoms with Gasteiger partial charge < -0.3 is 15.0 Å². The van der Waals surface area contributed by atoms with E-state index in [1.165, 1.54) is 6.33 Å². The molecule has 1 aliphatic rings. The number of rotatable bonds is 5. The molecule has 1 saturated heterocycles. The third kappa shape index (κ3) is 3.13. The van der Waals surface area contributed by atoms with E-state index in [-0.39, 0.29) is 17.6 Å². The number of ether oxygens (including phenoxy) is 1. The van der Waals surface area contributed by atoms with Gasteiger partial charge in [0.15, 0.2) is 0 Å². The topological polar surface area (TPSA) is 93.4 Å². The summed E-state index contributed by atoms with van der Waals surface area (Å²) >= 11 is 0. The molecule has 8 nitrogen and oxygen atoms in total. The molecule has 1 fully saturated rings. The van der Waals surface area contributed by atoms with Gasteiger partial charge in [-0.25, -0.2) is 9.97 Å². The first-order valence-corrected chi connectivity index (χ1v) is 6.63. The zero-order valence-electron chi connectivity index (χ0n) is 11.7. The third-order valence-corrected chi connectivity index (χ3v) is 3.34. The van der Waals surface area contributed by atoms with Crippen molar-refractivity contribution in [3.05, 3.63) is 16.4 Å². The molecule has 1 aromatic heterocycles. The van der Waals surface area contributed by atoms with Gasteiger partial charge in [-0.2, -0.15) is 0 Å². The van der Waals surface area contributed by atoms with Crippen molar-refractivity contribution < 1.29 is 9.66 Å². The highest BCUT2D eigenvalue weighted by Crippen LogP contribution is 2.31. The molecule has 2 rings (SSSR count). The molecule has 8 heteroatoms. The first-order valence-electron chi connectivity index (χ1n) is 6.63. The Bertz CT molecular complexity index is 476. The van der Waals surface area contributed by atoms with Crippen molar-refractivity contribution in [3.8, 4) is 0 Å². The molecule has 0 bridgehead atoms. The first-order chi connectivity index (χ1) is 9.63. The summed E-state index contributed by atoms with van der Waals surface area (Å²) in [6, 6.07) is 0. The number of anilines is 2. The highest BCUT2D eigenvalue weighted by atomic mass is 16.6. The van der Waals surface area contributed by atoms with Crippen molar-refractivity contribution in [3.63, 3.8) is 0 Å². The van der Waals surface area contributed by atoms with E-state index in [1.807, 2.05) is 0 Å². The minimum atomic E-state index is -0.459. The largest absolute Gasteiger partial charge is 0.376 e. The number of nitrogens with zero attached hydrogens (tertiary/aromatic N) is 4. The van der Waals surface area contributed by atoms with Crippen LogP contribution in [0.4, 0.5) is 17.3 Å². The summed E-state index contributed by atoms with van der Waals surface area (Å²) in [5, 5.41) is 14.0. The van der Waals surface area contributed by atoms with E-state index in [9.17, 15) is 10.1 Å². The molecule has 0 radical (unpaired) electrons. The van der Waals surface area contributed by atoms with Crippen molar-refractivity contribution >= 4 is 17.3 Å². The summed E-state index contributed by atoms with van der Waals surface area (Å²) < 4.78 is 5.66. The standard InChI is InChI=1S/C12H19N5O3/c1-13-11-10(17(18)19)12(15-8-14-11)16(2)7-9-5-3-4-6-20-9/h8-9H,3-7H2,1-2H3,(H,13,14,15). The fourth-order valence-electron chi connectivity index (χ4n) is 2.34. The zero-order valence-corrected chi connectivity index (χ0v) is 11.7. The minimum Gasteiger partial charge on any atom is -0.376 e. The van der Waals surface area contributed by atoms with Gasteiger partial charge in [0.1, 0.15) is 6.33 Å². The average Bonchev–Trinajstić information content (AvgIpc) is 2.47. The van der Waals surface area contributed by atoms with Gasteiger partial charge in [-0.3, -0.25) is 10.1 Å². The van der Waals surface area contributed by atoms with Crippen LogP contribution >= 0.6 is 0 Å². The van der Waals surface area contributed by atoms with Gasteiger partial charge >= 0.3 is 5.69 Å². The Kier molecular flexibility index (Phi) is 4.67. The lowest BCUT2D eigenvalue weighted by molar-refractivity contribution is -0.383. The molecule has 0 saturated carbocycles. The predicted molar refractivity (Wildman–Crippen MR) is 75.1 cm³/mol. The summed E-state index contributed by atoms with van der Waals surface area (Å²) in [5.74, 6) is 0.528. The van der Waals surface area contributed by atoms with E-state index in [0.29, 0.717) is 12.4 Å². The normalized spacial score (nSPS) is 18.6. The van der Waals surface area contributed by atoms with Crippen LogP contribution < -0.4 is 10.2 Å². The smallest absolute Gasteiger partial charge is 0.353 e. The Balaban J connectivity index is 2.19. The Morgan fingerprint density at radius 1 is 1.55 bits per heavy atom. The third-order valence-electron chi connectivity index (χ3n) is 3.34. The maximum atomic E-state index is 11.2. The predicted octanol–water partition coefficient (Wildman–Crippen LogP) is 1.43. The highest BCUT2D eigenvalue weighted by molar-refractivity contribution is 5.69. The Hall–Kier alpha value is -1.96. The van der Waals surface area contributed by atoms with Gasteiger partial charge in [0.05, 0.1) is 11.0 Å². The van der Waals surface area contributed by atoms with Crippen molar-refractivity contribution in [2.24, 2.45) is 0 Å².